The van der Waals surface area contributed by atoms with E-state index in [-0.39, 0.29) is 18.5 Å². The highest BCUT2D eigenvalue weighted by molar-refractivity contribution is 5.69. The molecular weight excluding hydrogens is 659 g/mol. The first-order valence-electron chi connectivity index (χ1n) is 22.8. The number of esters is 2. The van der Waals surface area contributed by atoms with Gasteiger partial charge in [-0.15, -0.1) is 0 Å². The van der Waals surface area contributed by atoms with E-state index in [1.54, 1.807) is 0 Å². The number of carbonyl (C=O) groups is 2. The molecular formula is C47H85NO5. The Morgan fingerprint density at radius 1 is 0.491 bits per heavy atom. The summed E-state index contributed by atoms with van der Waals surface area (Å²) in [5, 5.41) is 9.53. The number of aryl methyl sites for hydroxylation is 2. The van der Waals surface area contributed by atoms with Gasteiger partial charge in [-0.05, 0) is 87.6 Å². The maximum atomic E-state index is 12.4. The summed E-state index contributed by atoms with van der Waals surface area (Å²) in [6.07, 6.45) is 34.0. The van der Waals surface area contributed by atoms with Gasteiger partial charge in [-0.2, -0.15) is 0 Å². The second-order valence-electron chi connectivity index (χ2n) is 15.6. The zero-order valence-corrected chi connectivity index (χ0v) is 35.2. The molecule has 6 heteroatoms. The quantitative estimate of drug-likeness (QED) is 0.0534. The van der Waals surface area contributed by atoms with E-state index in [0.29, 0.717) is 26.1 Å². The number of aliphatic hydroxyl groups excluding tert-OH is 1. The number of rotatable bonds is 39. The van der Waals surface area contributed by atoms with Crippen LogP contribution in [0, 0.1) is 0 Å². The topological polar surface area (TPSA) is 76.1 Å². The highest BCUT2D eigenvalue weighted by atomic mass is 16.5. The van der Waals surface area contributed by atoms with Crippen molar-refractivity contribution in [2.24, 2.45) is 0 Å². The number of aliphatic hydroxyl groups is 1. The lowest BCUT2D eigenvalue weighted by molar-refractivity contribution is -0.144. The third kappa shape index (κ3) is 30.0. The fourth-order valence-corrected chi connectivity index (χ4v) is 7.22. The molecule has 0 spiro atoms. The van der Waals surface area contributed by atoms with Gasteiger partial charge in [0.2, 0.25) is 0 Å². The van der Waals surface area contributed by atoms with Crippen molar-refractivity contribution < 1.29 is 24.2 Å². The molecule has 0 amide bonds. The van der Waals surface area contributed by atoms with Crippen molar-refractivity contribution in [2.75, 3.05) is 39.5 Å². The molecule has 0 aromatic heterocycles. The lowest BCUT2D eigenvalue weighted by atomic mass is 9.94. The van der Waals surface area contributed by atoms with E-state index in [9.17, 15) is 14.7 Å². The van der Waals surface area contributed by atoms with Gasteiger partial charge in [0.15, 0.2) is 0 Å². The van der Waals surface area contributed by atoms with Crippen LogP contribution in [-0.2, 0) is 38.3 Å². The lowest BCUT2D eigenvalue weighted by Gasteiger charge is -2.21. The van der Waals surface area contributed by atoms with Gasteiger partial charge in [0.1, 0.15) is 0 Å². The molecule has 1 aromatic carbocycles. The van der Waals surface area contributed by atoms with Crippen LogP contribution in [0.1, 0.15) is 211 Å². The van der Waals surface area contributed by atoms with E-state index in [1.165, 1.54) is 113 Å². The van der Waals surface area contributed by atoms with Crippen LogP contribution in [0.2, 0.25) is 0 Å². The van der Waals surface area contributed by atoms with Crippen molar-refractivity contribution in [3.05, 3.63) is 34.9 Å². The van der Waals surface area contributed by atoms with Gasteiger partial charge >= 0.3 is 11.9 Å². The highest BCUT2D eigenvalue weighted by Gasteiger charge is 2.09. The first kappa shape index (κ1) is 49.1. The van der Waals surface area contributed by atoms with Crippen LogP contribution in [0.3, 0.4) is 0 Å². The van der Waals surface area contributed by atoms with E-state index in [1.807, 2.05) is 0 Å². The molecule has 0 aliphatic carbocycles. The third-order valence-corrected chi connectivity index (χ3v) is 10.7. The van der Waals surface area contributed by atoms with E-state index in [0.717, 1.165) is 103 Å². The molecule has 0 radical (unpaired) electrons. The van der Waals surface area contributed by atoms with E-state index in [2.05, 4.69) is 43.9 Å². The molecule has 1 N–H and O–H groups in total. The van der Waals surface area contributed by atoms with Crippen LogP contribution >= 0.6 is 0 Å². The second kappa shape index (κ2) is 37.0. The zero-order valence-electron chi connectivity index (χ0n) is 35.2. The minimum atomic E-state index is -0.0646. The van der Waals surface area contributed by atoms with Crippen molar-refractivity contribution in [3.63, 3.8) is 0 Å². The largest absolute Gasteiger partial charge is 0.466 e. The Hall–Kier alpha value is -1.92. The molecule has 1 rings (SSSR count). The second-order valence-corrected chi connectivity index (χ2v) is 15.6. The van der Waals surface area contributed by atoms with Crippen molar-refractivity contribution in [1.82, 2.24) is 4.90 Å². The number of hydrogen-bond donors (Lipinski definition) is 1. The molecule has 308 valence electrons. The van der Waals surface area contributed by atoms with Crippen molar-refractivity contribution in [2.45, 2.75) is 213 Å². The first-order chi connectivity index (χ1) is 26.0. The van der Waals surface area contributed by atoms with Crippen molar-refractivity contribution in [1.29, 1.82) is 0 Å². The number of unbranched alkanes of at least 4 members (excludes halogenated alkanes) is 20. The van der Waals surface area contributed by atoms with Crippen LogP contribution in [0.4, 0.5) is 0 Å². The van der Waals surface area contributed by atoms with Gasteiger partial charge in [-0.3, -0.25) is 9.59 Å². The SMILES string of the molecule is CCCCCCCCCOC(=O)CCCCCCCN(CCO)CCCCCCCC(=O)OCCc1ccc(CCCCCC)c(CCCCCC)c1. The van der Waals surface area contributed by atoms with E-state index in [4.69, 9.17) is 9.47 Å². The summed E-state index contributed by atoms with van der Waals surface area (Å²) in [6.45, 7) is 10.8. The van der Waals surface area contributed by atoms with Crippen LogP contribution in [0.5, 0.6) is 0 Å². The Balaban J connectivity index is 2.10. The fraction of sp³-hybridized carbons (Fsp3) is 0.830. The molecule has 0 unspecified atom stereocenters. The summed E-state index contributed by atoms with van der Waals surface area (Å²) < 4.78 is 11.0. The molecule has 0 aliphatic heterocycles. The summed E-state index contributed by atoms with van der Waals surface area (Å²) in [4.78, 5) is 26.8. The first-order valence-corrected chi connectivity index (χ1v) is 22.8. The standard InChI is InChI=1S/C47H85NO5/c1-4-7-10-13-14-21-28-40-52-46(50)31-24-17-15-19-26-36-48(38-39-49)37-27-20-16-18-25-32-47(51)53-41-35-43-33-34-44(29-22-11-8-5-2)45(42-43)30-23-12-9-6-3/h33-34,42,49H,4-32,35-41H2,1-3H3. The van der Waals surface area contributed by atoms with Crippen molar-refractivity contribution in [3.8, 4) is 0 Å². The number of nitrogens with zero attached hydrogens (tertiary/aromatic N) is 1. The summed E-state index contributed by atoms with van der Waals surface area (Å²) in [5.41, 5.74) is 4.32. The van der Waals surface area contributed by atoms with Crippen LogP contribution in [0.15, 0.2) is 18.2 Å². The molecule has 0 bridgehead atoms. The van der Waals surface area contributed by atoms with Crippen LogP contribution in [-0.4, -0.2) is 61.4 Å². The molecule has 1 aromatic rings. The normalized spacial score (nSPS) is 11.4. The summed E-state index contributed by atoms with van der Waals surface area (Å²) >= 11 is 0. The fourth-order valence-electron chi connectivity index (χ4n) is 7.22. The zero-order chi connectivity index (χ0) is 38.5. The van der Waals surface area contributed by atoms with Gasteiger partial charge in [-0.1, -0.05) is 155 Å². The Kier molecular flexibility index (Phi) is 34.3. The monoisotopic (exact) mass is 744 g/mol. The highest BCUT2D eigenvalue weighted by Crippen LogP contribution is 2.20. The van der Waals surface area contributed by atoms with E-state index >= 15 is 0 Å². The number of hydrogen-bond acceptors (Lipinski definition) is 6. The predicted molar refractivity (Wildman–Crippen MR) is 225 cm³/mol. The van der Waals surface area contributed by atoms with E-state index < -0.39 is 0 Å². The van der Waals surface area contributed by atoms with Gasteiger partial charge < -0.3 is 19.5 Å². The van der Waals surface area contributed by atoms with Gasteiger partial charge in [0, 0.05) is 25.8 Å². The molecule has 0 atom stereocenters. The average molecular weight is 744 g/mol. The van der Waals surface area contributed by atoms with Gasteiger partial charge in [-0.25, -0.2) is 0 Å². The van der Waals surface area contributed by atoms with Crippen LogP contribution in [0.25, 0.3) is 0 Å². The van der Waals surface area contributed by atoms with Crippen molar-refractivity contribution >= 4 is 11.9 Å². The van der Waals surface area contributed by atoms with Gasteiger partial charge in [0.25, 0.3) is 0 Å². The number of carbonyl (C=O) groups excluding carboxylic acids is 2. The predicted octanol–water partition coefficient (Wildman–Crippen LogP) is 12.3. The Bertz CT molecular complexity index is 982. The Morgan fingerprint density at radius 2 is 0.943 bits per heavy atom. The molecule has 0 saturated carbocycles. The average Bonchev–Trinajstić information content (AvgIpc) is 3.15. The molecule has 53 heavy (non-hydrogen) atoms. The summed E-state index contributed by atoms with van der Waals surface area (Å²) in [5.74, 6) is -0.0999. The maximum Gasteiger partial charge on any atom is 0.305 e. The molecule has 0 fully saturated rings. The molecule has 6 nitrogen and oxygen atoms in total. The number of ether oxygens (including phenoxy) is 2. The molecule has 0 heterocycles. The third-order valence-electron chi connectivity index (χ3n) is 10.7. The summed E-state index contributed by atoms with van der Waals surface area (Å²) in [7, 11) is 0. The molecule has 0 aliphatic rings. The van der Waals surface area contributed by atoms with Crippen LogP contribution < -0.4 is 0 Å². The van der Waals surface area contributed by atoms with Gasteiger partial charge in [0.05, 0.1) is 19.8 Å². The Labute approximate surface area is 327 Å². The Morgan fingerprint density at radius 3 is 1.49 bits per heavy atom. The lowest BCUT2D eigenvalue weighted by Crippen LogP contribution is -2.29. The maximum absolute atomic E-state index is 12.4. The number of benzene rings is 1. The minimum Gasteiger partial charge on any atom is -0.466 e. The summed E-state index contributed by atoms with van der Waals surface area (Å²) in [6, 6.07) is 6.98. The smallest absolute Gasteiger partial charge is 0.305 e. The minimum absolute atomic E-state index is 0.0352. The molecule has 0 saturated heterocycles.